The van der Waals surface area contributed by atoms with E-state index in [0.29, 0.717) is 35.4 Å². The quantitative estimate of drug-likeness (QED) is 0.248. The topological polar surface area (TPSA) is 145 Å². The van der Waals surface area contributed by atoms with Crippen LogP contribution < -0.4 is 5.73 Å². The lowest BCUT2D eigenvalue weighted by molar-refractivity contribution is -0.142. The highest BCUT2D eigenvalue weighted by atomic mass is 79.9. The van der Waals surface area contributed by atoms with Crippen LogP contribution in [0.2, 0.25) is 0 Å². The van der Waals surface area contributed by atoms with E-state index in [9.17, 15) is 14.4 Å². The van der Waals surface area contributed by atoms with E-state index in [1.165, 1.54) is 0 Å². The van der Waals surface area contributed by atoms with Gasteiger partial charge >= 0.3 is 11.9 Å². The second-order valence-corrected chi connectivity index (χ2v) is 11.4. The van der Waals surface area contributed by atoms with Crippen LogP contribution in [0.4, 0.5) is 0 Å². The Bertz CT molecular complexity index is 1270. The minimum absolute atomic E-state index is 0.229. The Kier molecular flexibility index (Phi) is 10.7. The Labute approximate surface area is 251 Å². The van der Waals surface area contributed by atoms with E-state index in [1.54, 1.807) is 25.1 Å². The lowest BCUT2D eigenvalue weighted by Gasteiger charge is -2.09. The molecule has 2 aliphatic carbocycles. The fraction of sp³-hybridized carbons (Fsp3) is 0.333. The number of hydrogen-bond donors (Lipinski definition) is 2. The zero-order valence-corrected chi connectivity index (χ0v) is 25.8. The molecule has 2 fully saturated rings. The van der Waals surface area contributed by atoms with Crippen molar-refractivity contribution in [2.75, 3.05) is 6.61 Å². The van der Waals surface area contributed by atoms with Gasteiger partial charge in [-0.15, -0.1) is 0 Å². The van der Waals surface area contributed by atoms with E-state index in [-0.39, 0.29) is 18.3 Å². The number of carbonyl (C=O) groups is 3. The zero-order valence-electron chi connectivity index (χ0n) is 21.1. The van der Waals surface area contributed by atoms with Gasteiger partial charge in [-0.25, -0.2) is 15.0 Å². The maximum absolute atomic E-state index is 11.2. The van der Waals surface area contributed by atoms with Crippen molar-refractivity contribution in [3.63, 3.8) is 0 Å². The molecule has 0 unspecified atom stereocenters. The van der Waals surface area contributed by atoms with Gasteiger partial charge in [-0.2, -0.15) is 0 Å². The molecule has 1 amide bonds. The van der Waals surface area contributed by atoms with E-state index < -0.39 is 16.8 Å². The number of pyridine rings is 3. The third-order valence-electron chi connectivity index (χ3n) is 6.20. The number of aromatic nitrogens is 3. The normalized spacial score (nSPS) is 15.4. The summed E-state index contributed by atoms with van der Waals surface area (Å²) in [4.78, 5) is 45.7. The van der Waals surface area contributed by atoms with Gasteiger partial charge in [0.05, 0.1) is 35.5 Å². The molecule has 3 N–H and O–H groups in total. The van der Waals surface area contributed by atoms with E-state index in [4.69, 9.17) is 15.6 Å². The third kappa shape index (κ3) is 8.39. The lowest BCUT2D eigenvalue weighted by Crippen LogP contribution is -2.29. The average molecular weight is 727 g/mol. The third-order valence-corrected chi connectivity index (χ3v) is 7.52. The molecule has 2 aliphatic rings. The summed E-state index contributed by atoms with van der Waals surface area (Å²) in [7, 11) is 0. The van der Waals surface area contributed by atoms with Crippen molar-refractivity contribution in [3.8, 4) is 0 Å². The highest BCUT2D eigenvalue weighted by molar-refractivity contribution is 9.11. The summed E-state index contributed by atoms with van der Waals surface area (Å²) in [5, 5.41) is 8.99. The fourth-order valence-electron chi connectivity index (χ4n) is 3.72. The largest absolute Gasteiger partial charge is 0.481 e. The average Bonchev–Trinajstić information content (AvgIpc) is 3.79. The Morgan fingerprint density at radius 2 is 1.28 bits per heavy atom. The Morgan fingerprint density at radius 1 is 0.821 bits per heavy atom. The van der Waals surface area contributed by atoms with Gasteiger partial charge in [0, 0.05) is 0 Å². The molecule has 0 radical (unpaired) electrons. The maximum atomic E-state index is 11.2. The van der Waals surface area contributed by atoms with Gasteiger partial charge in [-0.1, -0.05) is 18.2 Å². The maximum Gasteiger partial charge on any atom is 0.315 e. The molecule has 0 bridgehead atoms. The smallest absolute Gasteiger partial charge is 0.315 e. The van der Waals surface area contributed by atoms with Crippen molar-refractivity contribution in [2.24, 2.45) is 5.73 Å². The number of hydrogen-bond acceptors (Lipinski definition) is 7. The van der Waals surface area contributed by atoms with Crippen LogP contribution in [0.3, 0.4) is 0 Å². The van der Waals surface area contributed by atoms with Gasteiger partial charge in [0.1, 0.15) is 19.2 Å². The zero-order chi connectivity index (χ0) is 28.6. The minimum atomic E-state index is -0.766. The lowest BCUT2D eigenvalue weighted by atomic mass is 10.0. The van der Waals surface area contributed by atoms with Crippen molar-refractivity contribution in [1.29, 1.82) is 0 Å². The number of primary amides is 1. The summed E-state index contributed by atoms with van der Waals surface area (Å²) < 4.78 is 6.96. The van der Waals surface area contributed by atoms with Crippen LogP contribution in [0.15, 0.2) is 68.4 Å². The molecule has 3 aromatic heterocycles. The Balaban J connectivity index is 0.000000162. The monoisotopic (exact) mass is 724 g/mol. The SMILES string of the molecule is CCOC(=O)Cc1cccc(Br)n1.NC(=O)C1(c2cccc(Br)n2)CC1.O=C(O)C1(c2cccc(Br)n2)CC1. The summed E-state index contributed by atoms with van der Waals surface area (Å²) in [5.41, 5.74) is 6.32. The number of carboxylic acids is 1. The van der Waals surface area contributed by atoms with Crippen LogP contribution in [0, 0.1) is 0 Å². The minimum Gasteiger partial charge on any atom is -0.481 e. The van der Waals surface area contributed by atoms with Crippen LogP contribution in [-0.4, -0.2) is 44.5 Å². The van der Waals surface area contributed by atoms with Gasteiger partial charge < -0.3 is 15.6 Å². The Morgan fingerprint density at radius 3 is 1.67 bits per heavy atom. The second kappa shape index (κ2) is 13.6. The molecule has 9 nitrogen and oxygen atoms in total. The predicted molar refractivity (Wildman–Crippen MR) is 155 cm³/mol. The van der Waals surface area contributed by atoms with Crippen molar-refractivity contribution in [3.05, 3.63) is 85.5 Å². The first-order valence-corrected chi connectivity index (χ1v) is 14.5. The number of halogens is 3. The number of nitrogens with zero attached hydrogens (tertiary/aromatic N) is 3. The summed E-state index contributed by atoms with van der Waals surface area (Å²) in [6.07, 6.45) is 3.28. The molecule has 206 valence electrons. The van der Waals surface area contributed by atoms with Gasteiger partial charge in [-0.05, 0) is 117 Å². The van der Waals surface area contributed by atoms with Crippen LogP contribution in [-0.2, 0) is 36.4 Å². The molecular formula is C27H27Br3N4O5. The first kappa shape index (κ1) is 30.8. The number of carboxylic acid groups (broad SMARTS) is 1. The first-order chi connectivity index (χ1) is 18.5. The fourth-order valence-corrected chi connectivity index (χ4v) is 4.78. The van der Waals surface area contributed by atoms with Crippen LogP contribution >= 0.6 is 47.8 Å². The number of carbonyl (C=O) groups excluding carboxylic acids is 2. The van der Waals surface area contributed by atoms with Crippen LogP contribution in [0.1, 0.15) is 49.7 Å². The molecule has 0 saturated heterocycles. The second-order valence-electron chi connectivity index (χ2n) is 8.96. The summed E-state index contributed by atoms with van der Waals surface area (Å²) in [6.45, 7) is 2.19. The van der Waals surface area contributed by atoms with Crippen LogP contribution in [0.25, 0.3) is 0 Å². The highest BCUT2D eigenvalue weighted by Gasteiger charge is 2.53. The molecule has 3 heterocycles. The number of rotatable bonds is 7. The molecular weight excluding hydrogens is 700 g/mol. The predicted octanol–water partition coefficient (Wildman–Crippen LogP) is 5.27. The molecule has 0 spiro atoms. The summed E-state index contributed by atoms with van der Waals surface area (Å²) in [6, 6.07) is 16.4. The number of nitrogens with two attached hydrogens (primary N) is 1. The molecule has 5 rings (SSSR count). The molecule has 3 aromatic rings. The van der Waals surface area contributed by atoms with Crippen molar-refractivity contribution >= 4 is 65.6 Å². The van der Waals surface area contributed by atoms with Crippen molar-refractivity contribution < 1.29 is 24.2 Å². The van der Waals surface area contributed by atoms with Crippen molar-refractivity contribution in [1.82, 2.24) is 15.0 Å². The summed E-state index contributed by atoms with van der Waals surface area (Å²) >= 11 is 9.72. The highest BCUT2D eigenvalue weighted by Crippen LogP contribution is 2.48. The number of ether oxygens (including phenoxy) is 1. The molecule has 12 heteroatoms. The number of amides is 1. The molecule has 0 atom stereocenters. The first-order valence-electron chi connectivity index (χ1n) is 12.1. The molecule has 0 aliphatic heterocycles. The number of esters is 1. The van der Waals surface area contributed by atoms with Gasteiger partial charge in [0.15, 0.2) is 0 Å². The van der Waals surface area contributed by atoms with Crippen LogP contribution in [0.5, 0.6) is 0 Å². The standard InChI is InChI=1S/C9H9BrN2O.C9H8BrNO2.C9H10BrNO2/c10-7-3-1-2-6(12-7)9(4-5-9)8(11)13;10-7-3-1-2-6(11-7)9(4-5-9)8(12)13;1-2-13-9(12)6-7-4-3-5-8(10)11-7/h1-3H,4-5H2,(H2,11,13);1-3H,4-5H2,(H,12,13);3-5H,2,6H2,1H3. The van der Waals surface area contributed by atoms with E-state index in [2.05, 4.69) is 62.7 Å². The van der Waals surface area contributed by atoms with E-state index in [0.717, 1.165) is 27.7 Å². The van der Waals surface area contributed by atoms with E-state index >= 15 is 0 Å². The summed E-state index contributed by atoms with van der Waals surface area (Å²) in [5.74, 6) is -1.27. The van der Waals surface area contributed by atoms with Gasteiger partial charge in [-0.3, -0.25) is 14.4 Å². The van der Waals surface area contributed by atoms with E-state index in [1.807, 2.05) is 36.4 Å². The molecule has 0 aromatic carbocycles. The van der Waals surface area contributed by atoms with Gasteiger partial charge in [0.2, 0.25) is 5.91 Å². The Hall–Kier alpha value is -2.70. The molecule has 39 heavy (non-hydrogen) atoms. The van der Waals surface area contributed by atoms with Gasteiger partial charge in [0.25, 0.3) is 0 Å². The number of aliphatic carboxylic acids is 1. The van der Waals surface area contributed by atoms with Crippen molar-refractivity contribution in [2.45, 2.75) is 49.9 Å². The molecule has 2 saturated carbocycles.